The number of unbranched alkanes of at least 4 members (excludes halogenated alkanes) is 2. The molecule has 0 saturated carbocycles. The summed E-state index contributed by atoms with van der Waals surface area (Å²) in [4.78, 5) is 32.7. The van der Waals surface area contributed by atoms with E-state index in [1.165, 1.54) is 61.3 Å². The highest BCUT2D eigenvalue weighted by molar-refractivity contribution is 5.71. The molecule has 0 aliphatic carbocycles. The summed E-state index contributed by atoms with van der Waals surface area (Å²) in [6, 6.07) is 34.8. The van der Waals surface area contributed by atoms with E-state index in [4.69, 9.17) is 9.47 Å². The van der Waals surface area contributed by atoms with Crippen molar-refractivity contribution >= 4 is 17.9 Å². The van der Waals surface area contributed by atoms with Crippen molar-refractivity contribution in [3.8, 4) is 11.5 Å². The number of esters is 3. The summed E-state index contributed by atoms with van der Waals surface area (Å²) >= 11 is 0. The molecule has 0 unspecified atom stereocenters. The second-order valence-electron chi connectivity index (χ2n) is 28.4. The van der Waals surface area contributed by atoms with Gasteiger partial charge >= 0.3 is 17.9 Å². The molecule has 0 aliphatic rings. The molecule has 6 rings (SSSR count). The molecule has 6 aromatic carbocycles. The molecule has 0 saturated heterocycles. The Morgan fingerprint density at radius 2 is 0.771 bits per heavy atom. The monoisotopic (exact) mass is 1340 g/mol. The van der Waals surface area contributed by atoms with E-state index in [1.807, 2.05) is 64.1 Å². The predicted molar refractivity (Wildman–Crippen MR) is 386 cm³/mol. The second kappa shape index (κ2) is 46.2. The average Bonchev–Trinajstić information content (AvgIpc) is 0.961. The van der Waals surface area contributed by atoms with Gasteiger partial charge in [-0.3, -0.25) is 9.59 Å². The highest BCUT2D eigenvalue weighted by atomic mass is 19.1. The molecule has 0 aromatic heterocycles. The van der Waals surface area contributed by atoms with Crippen molar-refractivity contribution in [3.05, 3.63) is 200 Å². The van der Waals surface area contributed by atoms with E-state index in [0.29, 0.717) is 60.9 Å². The van der Waals surface area contributed by atoms with E-state index >= 15 is 0 Å². The summed E-state index contributed by atoms with van der Waals surface area (Å²) < 4.78 is 91.1. The van der Waals surface area contributed by atoms with Gasteiger partial charge in [-0.15, -0.1) is 0 Å². The molecule has 0 heterocycles. The topological polar surface area (TPSA) is 97.4 Å². The van der Waals surface area contributed by atoms with E-state index < -0.39 is 11.8 Å². The van der Waals surface area contributed by atoms with Gasteiger partial charge in [-0.2, -0.15) is 0 Å². The zero-order valence-corrected chi connectivity index (χ0v) is 62.4. The van der Waals surface area contributed by atoms with Crippen LogP contribution in [0.15, 0.2) is 115 Å². The highest BCUT2D eigenvalue weighted by Gasteiger charge is 2.17. The Kier molecular flexibility index (Phi) is 41.9. The van der Waals surface area contributed by atoms with Gasteiger partial charge in [0.1, 0.15) is 17.5 Å². The van der Waals surface area contributed by atoms with Crippen LogP contribution in [0.1, 0.15) is 268 Å². The number of carbonyl (C=O) groups is 3. The van der Waals surface area contributed by atoms with Crippen molar-refractivity contribution in [2.24, 2.45) is 17.3 Å². The molecule has 0 amide bonds. The Balaban J connectivity index is 0.000000577. The minimum Gasteiger partial charge on any atom is -0.490 e. The second-order valence-corrected chi connectivity index (χ2v) is 28.4. The van der Waals surface area contributed by atoms with Crippen molar-refractivity contribution in [2.75, 3.05) is 34.5 Å². The maximum absolute atomic E-state index is 13.6. The lowest BCUT2D eigenvalue weighted by Gasteiger charge is -2.19. The quantitative estimate of drug-likeness (QED) is 0.0229. The molecule has 96 heavy (non-hydrogen) atoms. The van der Waals surface area contributed by atoms with Crippen LogP contribution in [-0.2, 0) is 54.3 Å². The molecule has 0 radical (unpaired) electrons. The zero-order valence-electron chi connectivity index (χ0n) is 62.4. The molecule has 0 spiro atoms. The predicted octanol–water partition coefficient (Wildman–Crippen LogP) is 23.1. The first-order chi connectivity index (χ1) is 45.0. The van der Waals surface area contributed by atoms with Gasteiger partial charge in [0.2, 0.25) is 0 Å². The molecule has 8 nitrogen and oxygen atoms in total. The molecule has 534 valence electrons. The van der Waals surface area contributed by atoms with Gasteiger partial charge in [-0.25, -0.2) is 26.7 Å². The van der Waals surface area contributed by atoms with E-state index in [-0.39, 0.29) is 71.1 Å². The normalized spacial score (nSPS) is 11.0. The van der Waals surface area contributed by atoms with Gasteiger partial charge in [0, 0.05) is 12.8 Å². The lowest BCUT2D eigenvalue weighted by Crippen LogP contribution is -2.13. The summed E-state index contributed by atoms with van der Waals surface area (Å²) in [6.07, 6.45) is 9.11. The van der Waals surface area contributed by atoms with Gasteiger partial charge in [-0.1, -0.05) is 211 Å². The smallest absolute Gasteiger partial charge is 0.343 e. The molecule has 0 fully saturated rings. The Morgan fingerprint density at radius 1 is 0.385 bits per heavy atom. The van der Waals surface area contributed by atoms with E-state index in [1.54, 1.807) is 42.5 Å². The lowest BCUT2D eigenvalue weighted by atomic mass is 9.86. The Bertz CT molecular complexity index is 3190. The maximum Gasteiger partial charge on any atom is 0.343 e. The van der Waals surface area contributed by atoms with Gasteiger partial charge in [0.25, 0.3) is 0 Å². The molecular weight excluding hydrogens is 1220 g/mol. The first kappa shape index (κ1) is 87.0. The van der Waals surface area contributed by atoms with Crippen LogP contribution in [0.5, 0.6) is 11.5 Å². The number of carbonyl (C=O) groups excluding carboxylic acids is 3. The number of halogens is 5. The molecule has 0 bridgehead atoms. The van der Waals surface area contributed by atoms with Gasteiger partial charge in [0.05, 0.1) is 27.9 Å². The fraction of sp³-hybridized carbons (Fsp3) is 0.530. The first-order valence-corrected chi connectivity index (χ1v) is 34.5. The fourth-order valence-electron chi connectivity index (χ4n) is 9.46. The number of hydrogen-bond acceptors (Lipinski definition) is 8. The van der Waals surface area contributed by atoms with Crippen molar-refractivity contribution in [3.63, 3.8) is 0 Å². The van der Waals surface area contributed by atoms with Crippen LogP contribution < -0.4 is 9.47 Å². The van der Waals surface area contributed by atoms with Gasteiger partial charge < -0.3 is 23.7 Å². The minimum atomic E-state index is -0.533. The van der Waals surface area contributed by atoms with Crippen molar-refractivity contribution in [1.29, 1.82) is 0 Å². The SMILES string of the molecule is CC(C)CCc1cc(C(C)C)ccc1F.CC(C)Cc1cc(C(C)C)ccc1F.CC(C)c1ccc(F)c(CC(C)(C)C)c1.COC(=O)CCCCCc1cccc(C(C)C)c1.COC(=O)CCCOc1cc(C(C)C)ccc1F.COC(=O)COc1cc(C(C)C)ccc1F. The third-order valence-corrected chi connectivity index (χ3v) is 15.6. The molecule has 13 heteroatoms. The van der Waals surface area contributed by atoms with Crippen LogP contribution in [0.4, 0.5) is 22.0 Å². The molecular formula is C83H119F5O8. The third kappa shape index (κ3) is 36.9. The number of rotatable bonds is 26. The highest BCUT2D eigenvalue weighted by Crippen LogP contribution is 2.29. The summed E-state index contributed by atoms with van der Waals surface area (Å²) in [5.41, 5.74) is 11.2. The van der Waals surface area contributed by atoms with Crippen molar-refractivity contribution in [2.45, 2.75) is 238 Å². The van der Waals surface area contributed by atoms with Crippen LogP contribution in [0.3, 0.4) is 0 Å². The number of methoxy groups -OCH3 is 3. The molecule has 6 aromatic rings. The fourth-order valence-corrected chi connectivity index (χ4v) is 9.46. The maximum atomic E-state index is 13.6. The van der Waals surface area contributed by atoms with Crippen LogP contribution in [-0.4, -0.2) is 52.5 Å². The van der Waals surface area contributed by atoms with Gasteiger partial charge in [0.15, 0.2) is 29.7 Å². The number of aryl methyl sites for hydroxylation is 2. The third-order valence-electron chi connectivity index (χ3n) is 15.6. The van der Waals surface area contributed by atoms with Crippen LogP contribution in [0.2, 0.25) is 0 Å². The van der Waals surface area contributed by atoms with E-state index in [9.17, 15) is 36.3 Å². The summed E-state index contributed by atoms with van der Waals surface area (Å²) in [6.45, 7) is 40.3. The van der Waals surface area contributed by atoms with Gasteiger partial charge in [-0.05, 0) is 202 Å². The van der Waals surface area contributed by atoms with Crippen molar-refractivity contribution in [1.82, 2.24) is 0 Å². The Labute approximate surface area is 576 Å². The lowest BCUT2D eigenvalue weighted by molar-refractivity contribution is -0.143. The molecule has 0 N–H and O–H groups in total. The molecule has 0 aliphatic heterocycles. The summed E-state index contributed by atoms with van der Waals surface area (Å²) in [5.74, 6) is 2.09. The average molecular weight is 1340 g/mol. The Hall–Kier alpha value is -7.02. The number of benzene rings is 6. The summed E-state index contributed by atoms with van der Waals surface area (Å²) in [5, 5.41) is 0. The molecule has 0 atom stereocenters. The minimum absolute atomic E-state index is 0.0555. The zero-order chi connectivity index (χ0) is 72.8. The standard InChI is InChI=1S/C16H24O2.C14H19FO3.2C14H21F.C13H19F.C12H15FO3/c1-13(2)15-10-7-9-14(12-15)8-5-4-6-11-16(17)18-3;1-10(2)11-6-7-12(15)13(9-11)18-8-4-5-14(16)17-3;1-10(2)11-6-7-13(15)12(8-11)9-14(3,4)5;1-10(2)5-6-13-9-12(11(3)4)7-8-14(13)15;1-9(2)7-12-8-11(10(3)4)5-6-13(12)14;1-8(2)9-4-5-10(13)11(6-9)16-7-12(14)15-3/h7,9-10,12-13H,4-6,8,11H2,1-3H3;6-7,9-10H,4-5,8H2,1-3H3;6-8,10H,9H2,1-5H3;7-11H,5-6H2,1-4H3;5-6,8-10H,7H2,1-4H3;4-6,8H,7H2,1-3H3. The van der Waals surface area contributed by atoms with Crippen LogP contribution >= 0.6 is 0 Å². The number of hydrogen-bond donors (Lipinski definition) is 0. The van der Waals surface area contributed by atoms with Crippen molar-refractivity contribution < 1.29 is 60.0 Å². The number of ether oxygens (including phenoxy) is 5. The van der Waals surface area contributed by atoms with E-state index in [0.717, 1.165) is 79.2 Å². The van der Waals surface area contributed by atoms with Crippen LogP contribution in [0.25, 0.3) is 0 Å². The first-order valence-electron chi connectivity index (χ1n) is 34.5. The largest absolute Gasteiger partial charge is 0.490 e. The van der Waals surface area contributed by atoms with E-state index in [2.05, 4.69) is 142 Å². The van der Waals surface area contributed by atoms with Crippen LogP contribution in [0, 0.1) is 46.3 Å². The summed E-state index contributed by atoms with van der Waals surface area (Å²) in [7, 11) is 4.04. The Morgan fingerprint density at radius 3 is 1.20 bits per heavy atom.